The highest BCUT2D eigenvalue weighted by Gasteiger charge is 2.15. The van der Waals surface area contributed by atoms with Crippen LogP contribution in [0, 0.1) is 0 Å². The number of amides is 1. The fraction of sp³-hybridized carbons (Fsp3) is 0.333. The number of nitrogens with one attached hydrogen (secondary N) is 1. The van der Waals surface area contributed by atoms with Crippen molar-refractivity contribution in [2.45, 2.75) is 19.4 Å². The highest BCUT2D eigenvalue weighted by atomic mass is 16.5. The smallest absolute Gasteiger partial charge is 0.336 e. The van der Waals surface area contributed by atoms with Crippen LogP contribution in [-0.4, -0.2) is 51.2 Å². The second kappa shape index (κ2) is 10.1. The zero-order valence-electron chi connectivity index (χ0n) is 18.3. The summed E-state index contributed by atoms with van der Waals surface area (Å²) in [5.41, 5.74) is 1.57. The van der Waals surface area contributed by atoms with E-state index in [1.165, 1.54) is 6.07 Å². The number of fused-ring (bicyclic) bond motifs is 1. The number of carbonyl (C=O) groups is 1. The molecule has 1 amide bonds. The Morgan fingerprint density at radius 1 is 1.10 bits per heavy atom. The van der Waals surface area contributed by atoms with Gasteiger partial charge in [-0.25, -0.2) is 4.79 Å². The zero-order valence-corrected chi connectivity index (χ0v) is 18.3. The van der Waals surface area contributed by atoms with Crippen molar-refractivity contribution in [1.29, 1.82) is 0 Å². The van der Waals surface area contributed by atoms with Gasteiger partial charge in [0.15, 0.2) is 6.10 Å². The fourth-order valence-electron chi connectivity index (χ4n) is 3.23. The lowest BCUT2D eigenvalue weighted by Gasteiger charge is -2.16. The Morgan fingerprint density at radius 3 is 2.48 bits per heavy atom. The lowest BCUT2D eigenvalue weighted by Crippen LogP contribution is -2.37. The van der Waals surface area contributed by atoms with Crippen LogP contribution in [0.5, 0.6) is 11.5 Å². The van der Waals surface area contributed by atoms with Gasteiger partial charge in [0.2, 0.25) is 0 Å². The normalized spacial score (nSPS) is 12.0. The van der Waals surface area contributed by atoms with E-state index in [-0.39, 0.29) is 5.91 Å². The lowest BCUT2D eigenvalue weighted by atomic mass is 10.0. The molecule has 0 aliphatic carbocycles. The molecule has 0 saturated carbocycles. The first-order chi connectivity index (χ1) is 14.9. The minimum absolute atomic E-state index is 0.188. The Labute approximate surface area is 181 Å². The molecule has 0 spiro atoms. The summed E-state index contributed by atoms with van der Waals surface area (Å²) in [4.78, 5) is 26.5. The number of nitrogens with zero attached hydrogens (tertiary/aromatic N) is 1. The molecule has 7 heteroatoms. The second-order valence-corrected chi connectivity index (χ2v) is 7.57. The monoisotopic (exact) mass is 424 g/mol. The summed E-state index contributed by atoms with van der Waals surface area (Å²) in [6.45, 7) is 3.17. The molecule has 0 saturated heterocycles. The van der Waals surface area contributed by atoms with Crippen LogP contribution in [0.4, 0.5) is 0 Å². The molecule has 1 N–H and O–H groups in total. The van der Waals surface area contributed by atoms with E-state index in [2.05, 4.69) is 10.2 Å². The van der Waals surface area contributed by atoms with Gasteiger partial charge in [-0.05, 0) is 69.4 Å². The molecule has 0 fully saturated rings. The summed E-state index contributed by atoms with van der Waals surface area (Å²) < 4.78 is 16.4. The predicted octanol–water partition coefficient (Wildman–Crippen LogP) is 3.30. The fourth-order valence-corrected chi connectivity index (χ4v) is 3.23. The highest BCUT2D eigenvalue weighted by molar-refractivity contribution is 5.94. The van der Waals surface area contributed by atoms with E-state index in [0.717, 1.165) is 35.2 Å². The number of methoxy groups -OCH3 is 1. The van der Waals surface area contributed by atoms with Gasteiger partial charge in [0, 0.05) is 24.1 Å². The van der Waals surface area contributed by atoms with Gasteiger partial charge < -0.3 is 24.1 Å². The molecule has 3 rings (SSSR count). The third kappa shape index (κ3) is 5.86. The van der Waals surface area contributed by atoms with Gasteiger partial charge in [-0.3, -0.25) is 4.79 Å². The Kier molecular flexibility index (Phi) is 7.31. The summed E-state index contributed by atoms with van der Waals surface area (Å²) in [5, 5.41) is 3.65. The molecule has 0 aliphatic rings. The molecule has 2 aromatic carbocycles. The second-order valence-electron chi connectivity index (χ2n) is 7.57. The topological polar surface area (TPSA) is 81.0 Å². The first-order valence-electron chi connectivity index (χ1n) is 10.2. The Morgan fingerprint density at radius 2 is 1.81 bits per heavy atom. The van der Waals surface area contributed by atoms with Gasteiger partial charge in [0.05, 0.1) is 7.11 Å². The molecule has 0 radical (unpaired) electrons. The standard InChI is InChI=1S/C24H28N2O5/c1-16(24(28)25-12-5-13-26(2)3)30-19-10-11-20-21(15-23(27)31-22(20)14-19)17-6-8-18(29-4)9-7-17/h6-11,14-16H,5,12-13H2,1-4H3,(H,25,28)/t16-/m0/s1. The van der Waals surface area contributed by atoms with Crippen molar-refractivity contribution >= 4 is 16.9 Å². The number of hydrogen-bond acceptors (Lipinski definition) is 6. The molecule has 0 unspecified atom stereocenters. The zero-order chi connectivity index (χ0) is 22.4. The average molecular weight is 424 g/mol. The van der Waals surface area contributed by atoms with Crippen molar-refractivity contribution in [3.05, 3.63) is 59.0 Å². The molecule has 3 aromatic rings. The molecule has 7 nitrogen and oxygen atoms in total. The third-order valence-electron chi connectivity index (χ3n) is 4.88. The molecule has 1 aromatic heterocycles. The Bertz CT molecular complexity index is 1090. The van der Waals surface area contributed by atoms with Crippen LogP contribution in [0.25, 0.3) is 22.1 Å². The first-order valence-corrected chi connectivity index (χ1v) is 10.2. The van der Waals surface area contributed by atoms with Crippen LogP contribution < -0.4 is 20.4 Å². The maximum absolute atomic E-state index is 12.3. The number of carbonyl (C=O) groups excluding carboxylic acids is 1. The van der Waals surface area contributed by atoms with E-state index in [1.807, 2.05) is 44.4 Å². The maximum atomic E-state index is 12.3. The van der Waals surface area contributed by atoms with Gasteiger partial charge in [-0.2, -0.15) is 0 Å². The molecule has 1 atom stereocenters. The average Bonchev–Trinajstić information content (AvgIpc) is 2.75. The molecule has 31 heavy (non-hydrogen) atoms. The van der Waals surface area contributed by atoms with Crippen LogP contribution in [0.15, 0.2) is 57.7 Å². The van der Waals surface area contributed by atoms with Crippen LogP contribution in [0.2, 0.25) is 0 Å². The predicted molar refractivity (Wildman–Crippen MR) is 121 cm³/mol. The number of ether oxygens (including phenoxy) is 2. The van der Waals surface area contributed by atoms with E-state index >= 15 is 0 Å². The molecule has 0 bridgehead atoms. The quantitative estimate of drug-likeness (QED) is 0.419. The highest BCUT2D eigenvalue weighted by Crippen LogP contribution is 2.31. The summed E-state index contributed by atoms with van der Waals surface area (Å²) in [5.74, 6) is 1.01. The molecular weight excluding hydrogens is 396 g/mol. The first kappa shape index (κ1) is 22.4. The van der Waals surface area contributed by atoms with E-state index < -0.39 is 11.7 Å². The summed E-state index contributed by atoms with van der Waals surface area (Å²) in [7, 11) is 5.59. The van der Waals surface area contributed by atoms with Crippen molar-refractivity contribution < 1.29 is 18.7 Å². The summed E-state index contributed by atoms with van der Waals surface area (Å²) in [6.07, 6.45) is 0.189. The van der Waals surface area contributed by atoms with Crippen molar-refractivity contribution in [3.63, 3.8) is 0 Å². The van der Waals surface area contributed by atoms with E-state index in [9.17, 15) is 9.59 Å². The minimum Gasteiger partial charge on any atom is -0.497 e. The van der Waals surface area contributed by atoms with Gasteiger partial charge >= 0.3 is 5.63 Å². The number of hydrogen-bond donors (Lipinski definition) is 1. The molecule has 0 aliphatic heterocycles. The summed E-state index contributed by atoms with van der Waals surface area (Å²) in [6, 6.07) is 14.2. The van der Waals surface area contributed by atoms with Crippen molar-refractivity contribution in [2.24, 2.45) is 0 Å². The van der Waals surface area contributed by atoms with Gasteiger partial charge in [-0.15, -0.1) is 0 Å². The van der Waals surface area contributed by atoms with Gasteiger partial charge in [0.25, 0.3) is 5.91 Å². The SMILES string of the molecule is COc1ccc(-c2cc(=O)oc3cc(O[C@@H](C)C(=O)NCCCN(C)C)ccc23)cc1. The molecule has 164 valence electrons. The van der Waals surface area contributed by atoms with Crippen molar-refractivity contribution in [1.82, 2.24) is 10.2 Å². The van der Waals surface area contributed by atoms with E-state index in [1.54, 1.807) is 26.2 Å². The minimum atomic E-state index is -0.673. The summed E-state index contributed by atoms with van der Waals surface area (Å²) >= 11 is 0. The number of benzene rings is 2. The largest absolute Gasteiger partial charge is 0.497 e. The number of rotatable bonds is 9. The van der Waals surface area contributed by atoms with E-state index in [0.29, 0.717) is 17.9 Å². The Hall–Kier alpha value is -3.32. The van der Waals surface area contributed by atoms with Gasteiger partial charge in [-0.1, -0.05) is 12.1 Å². The van der Waals surface area contributed by atoms with Crippen molar-refractivity contribution in [2.75, 3.05) is 34.3 Å². The third-order valence-corrected chi connectivity index (χ3v) is 4.88. The van der Waals surface area contributed by atoms with Crippen LogP contribution in [0.3, 0.4) is 0 Å². The van der Waals surface area contributed by atoms with Gasteiger partial charge in [0.1, 0.15) is 17.1 Å². The van der Waals surface area contributed by atoms with E-state index in [4.69, 9.17) is 13.9 Å². The van der Waals surface area contributed by atoms with Crippen LogP contribution in [-0.2, 0) is 4.79 Å². The Balaban J connectivity index is 1.76. The molecular formula is C24H28N2O5. The van der Waals surface area contributed by atoms with Crippen molar-refractivity contribution in [3.8, 4) is 22.6 Å². The molecule has 1 heterocycles. The lowest BCUT2D eigenvalue weighted by molar-refractivity contribution is -0.127. The maximum Gasteiger partial charge on any atom is 0.336 e. The van der Waals surface area contributed by atoms with Crippen LogP contribution >= 0.6 is 0 Å². The van der Waals surface area contributed by atoms with Crippen LogP contribution in [0.1, 0.15) is 13.3 Å².